The molecule has 0 aliphatic heterocycles. The number of rotatable bonds is 5. The van der Waals surface area contributed by atoms with Gasteiger partial charge in [0.1, 0.15) is 22.9 Å². The maximum atomic E-state index is 14.4. The smallest absolute Gasteiger partial charge is 0.228 e. The number of aliphatic hydroxyl groups is 1. The Morgan fingerprint density at radius 3 is 2.32 bits per heavy atom. The minimum absolute atomic E-state index is 0.262. The van der Waals surface area contributed by atoms with Crippen LogP contribution in [0.25, 0.3) is 22.7 Å². The molecular weight excluding hydrogens is 442 g/mol. The average molecular weight is 459 g/mol. The van der Waals surface area contributed by atoms with E-state index in [0.717, 1.165) is 11.8 Å². The number of nitrogens with zero attached hydrogens (tertiary/aromatic N) is 2. The Labute approximate surface area is 186 Å². The van der Waals surface area contributed by atoms with Crippen LogP contribution >= 0.6 is 23.4 Å². The predicted molar refractivity (Wildman–Crippen MR) is 116 cm³/mol. The molecule has 0 amide bonds. The summed E-state index contributed by atoms with van der Waals surface area (Å²) in [4.78, 5) is 9.18. The minimum Gasteiger partial charge on any atom is -0.429 e. The van der Waals surface area contributed by atoms with Crippen LogP contribution in [0.15, 0.2) is 75.2 Å². The van der Waals surface area contributed by atoms with Gasteiger partial charge in [0.15, 0.2) is 5.09 Å². The molecule has 4 aromatic rings. The second-order valence-corrected chi connectivity index (χ2v) is 8.78. The van der Waals surface area contributed by atoms with Crippen LogP contribution in [0.3, 0.4) is 0 Å². The largest absolute Gasteiger partial charge is 0.429 e. The van der Waals surface area contributed by atoms with Gasteiger partial charge in [-0.3, -0.25) is 4.98 Å². The van der Waals surface area contributed by atoms with Gasteiger partial charge in [-0.15, -0.1) is 0 Å². The van der Waals surface area contributed by atoms with E-state index >= 15 is 0 Å². The summed E-state index contributed by atoms with van der Waals surface area (Å²) < 4.78 is 33.6. The van der Waals surface area contributed by atoms with Crippen molar-refractivity contribution in [2.24, 2.45) is 0 Å². The second kappa shape index (κ2) is 8.42. The van der Waals surface area contributed by atoms with Gasteiger partial charge in [-0.2, -0.15) is 0 Å². The summed E-state index contributed by atoms with van der Waals surface area (Å²) in [7, 11) is 0. The summed E-state index contributed by atoms with van der Waals surface area (Å²) in [6, 6.07) is 13.5. The number of aromatic nitrogens is 2. The fourth-order valence-corrected chi connectivity index (χ4v) is 3.86. The average Bonchev–Trinajstić information content (AvgIpc) is 3.14. The van der Waals surface area contributed by atoms with Crippen LogP contribution in [0, 0.1) is 11.6 Å². The van der Waals surface area contributed by atoms with Crippen molar-refractivity contribution >= 4 is 23.4 Å². The van der Waals surface area contributed by atoms with Gasteiger partial charge in [-0.05, 0) is 80.2 Å². The van der Waals surface area contributed by atoms with E-state index in [4.69, 9.17) is 16.0 Å². The molecule has 4 rings (SSSR count). The molecule has 0 radical (unpaired) electrons. The number of oxazole rings is 1. The van der Waals surface area contributed by atoms with Crippen molar-refractivity contribution in [3.8, 4) is 22.7 Å². The molecule has 31 heavy (non-hydrogen) atoms. The van der Waals surface area contributed by atoms with Gasteiger partial charge in [0, 0.05) is 22.3 Å². The second-order valence-electron chi connectivity index (χ2n) is 7.33. The zero-order chi connectivity index (χ0) is 22.2. The molecule has 0 unspecified atom stereocenters. The number of halogens is 3. The molecule has 0 aliphatic rings. The molecule has 2 aromatic carbocycles. The van der Waals surface area contributed by atoms with Gasteiger partial charge in [0.05, 0.1) is 10.6 Å². The van der Waals surface area contributed by atoms with E-state index in [0.29, 0.717) is 32.5 Å². The zero-order valence-corrected chi connectivity index (χ0v) is 18.1. The first-order valence-corrected chi connectivity index (χ1v) is 10.5. The maximum Gasteiger partial charge on any atom is 0.228 e. The third-order valence-electron chi connectivity index (χ3n) is 4.45. The molecule has 0 bridgehead atoms. The molecule has 158 valence electrons. The van der Waals surface area contributed by atoms with Gasteiger partial charge in [0.2, 0.25) is 5.89 Å². The molecular formula is C23H17ClF2N2O2S. The Kier molecular flexibility index (Phi) is 5.83. The highest BCUT2D eigenvalue weighted by Crippen LogP contribution is 2.40. The fraction of sp³-hybridized carbons (Fsp3) is 0.130. The van der Waals surface area contributed by atoms with Crippen molar-refractivity contribution < 1.29 is 18.3 Å². The molecule has 0 aliphatic carbocycles. The summed E-state index contributed by atoms with van der Waals surface area (Å²) in [5.74, 6) is -0.600. The van der Waals surface area contributed by atoms with Crippen LogP contribution in [0.1, 0.15) is 19.5 Å². The summed E-state index contributed by atoms with van der Waals surface area (Å²) in [6.45, 7) is 3.28. The molecule has 2 heterocycles. The quantitative estimate of drug-likeness (QED) is 0.360. The summed E-state index contributed by atoms with van der Waals surface area (Å²) in [5.41, 5.74) is 1.06. The van der Waals surface area contributed by atoms with Crippen molar-refractivity contribution in [3.05, 3.63) is 83.1 Å². The normalized spacial score (nSPS) is 11.7. The molecule has 2 aromatic heterocycles. The first-order chi connectivity index (χ1) is 14.7. The van der Waals surface area contributed by atoms with Crippen molar-refractivity contribution in [2.75, 3.05) is 0 Å². The van der Waals surface area contributed by atoms with Crippen LogP contribution in [-0.4, -0.2) is 15.1 Å². The van der Waals surface area contributed by atoms with E-state index in [9.17, 15) is 13.9 Å². The molecule has 0 spiro atoms. The van der Waals surface area contributed by atoms with E-state index in [1.807, 2.05) is 0 Å². The van der Waals surface area contributed by atoms with Crippen LogP contribution in [0.4, 0.5) is 8.78 Å². The number of hydrogen-bond acceptors (Lipinski definition) is 5. The lowest BCUT2D eigenvalue weighted by atomic mass is 10.0. The van der Waals surface area contributed by atoms with E-state index in [2.05, 4.69) is 9.97 Å². The third kappa shape index (κ3) is 4.79. The highest BCUT2D eigenvalue weighted by molar-refractivity contribution is 7.99. The lowest BCUT2D eigenvalue weighted by Gasteiger charge is -2.16. The molecule has 1 N–H and O–H groups in total. The lowest BCUT2D eigenvalue weighted by Crippen LogP contribution is -2.17. The Morgan fingerprint density at radius 1 is 1.00 bits per heavy atom. The Morgan fingerprint density at radius 2 is 1.71 bits per heavy atom. The number of benzene rings is 2. The van der Waals surface area contributed by atoms with E-state index in [1.165, 1.54) is 18.2 Å². The molecule has 0 atom stereocenters. The fourth-order valence-electron chi connectivity index (χ4n) is 2.83. The Balaban J connectivity index is 1.79. The lowest BCUT2D eigenvalue weighted by molar-refractivity contribution is 0.0739. The van der Waals surface area contributed by atoms with E-state index in [-0.39, 0.29) is 16.7 Å². The van der Waals surface area contributed by atoms with Gasteiger partial charge in [-0.25, -0.2) is 13.8 Å². The van der Waals surface area contributed by atoms with Gasteiger partial charge < -0.3 is 9.52 Å². The molecule has 0 saturated heterocycles. The highest BCUT2D eigenvalue weighted by Gasteiger charge is 2.22. The maximum absolute atomic E-state index is 14.4. The minimum atomic E-state index is -1.09. The van der Waals surface area contributed by atoms with Crippen molar-refractivity contribution in [1.29, 1.82) is 0 Å². The SMILES string of the molecule is CC(C)(O)c1ccc(-c2nc(-c3ccc(F)cc3)oc2Sc2ccc(Cl)cc2F)cn1. The molecule has 8 heteroatoms. The van der Waals surface area contributed by atoms with Crippen LogP contribution in [0.2, 0.25) is 5.02 Å². The first kappa shape index (κ1) is 21.5. The van der Waals surface area contributed by atoms with Crippen LogP contribution < -0.4 is 0 Å². The predicted octanol–water partition coefficient (Wildman–Crippen LogP) is 6.71. The topological polar surface area (TPSA) is 59.2 Å². The molecule has 0 fully saturated rings. The van der Waals surface area contributed by atoms with Crippen molar-refractivity contribution in [1.82, 2.24) is 9.97 Å². The van der Waals surface area contributed by atoms with E-state index in [1.54, 1.807) is 56.4 Å². The van der Waals surface area contributed by atoms with Crippen molar-refractivity contribution in [2.45, 2.75) is 29.4 Å². The highest BCUT2D eigenvalue weighted by atomic mass is 35.5. The monoisotopic (exact) mass is 458 g/mol. The van der Waals surface area contributed by atoms with E-state index < -0.39 is 11.4 Å². The third-order valence-corrected chi connectivity index (χ3v) is 5.70. The van der Waals surface area contributed by atoms with Crippen molar-refractivity contribution in [3.63, 3.8) is 0 Å². The van der Waals surface area contributed by atoms with Crippen LogP contribution in [-0.2, 0) is 5.60 Å². The van der Waals surface area contributed by atoms with Gasteiger partial charge in [-0.1, -0.05) is 11.6 Å². The van der Waals surface area contributed by atoms with Crippen LogP contribution in [0.5, 0.6) is 0 Å². The molecule has 4 nitrogen and oxygen atoms in total. The summed E-state index contributed by atoms with van der Waals surface area (Å²) in [5, 5.41) is 10.8. The Bertz CT molecular complexity index is 1220. The zero-order valence-electron chi connectivity index (χ0n) is 16.6. The van der Waals surface area contributed by atoms with Gasteiger partial charge in [0.25, 0.3) is 0 Å². The first-order valence-electron chi connectivity index (χ1n) is 9.29. The number of hydrogen-bond donors (Lipinski definition) is 1. The summed E-state index contributed by atoms with van der Waals surface area (Å²) >= 11 is 6.91. The summed E-state index contributed by atoms with van der Waals surface area (Å²) in [6.07, 6.45) is 1.57. The molecule has 0 saturated carbocycles. The standard InChI is InChI=1S/C23H17ClF2N2O2S/c1-23(2,29)19-10-5-14(12-27-19)20-22(31-18-9-6-15(24)11-17(18)26)30-21(28-20)13-3-7-16(25)8-4-13/h3-12,29H,1-2H3. The Hall–Kier alpha value is -2.74. The van der Waals surface area contributed by atoms with Gasteiger partial charge >= 0.3 is 0 Å². The number of pyridine rings is 1.